The third-order valence-corrected chi connectivity index (χ3v) is 4.18. The maximum Gasteiger partial charge on any atom is 0.257 e. The van der Waals surface area contributed by atoms with Gasteiger partial charge in [-0.15, -0.1) is 0 Å². The average Bonchev–Trinajstić information content (AvgIpc) is 3.15. The van der Waals surface area contributed by atoms with Gasteiger partial charge in [0.2, 0.25) is 5.91 Å². The molecule has 0 saturated heterocycles. The summed E-state index contributed by atoms with van der Waals surface area (Å²) in [6.45, 7) is 4.06. The molecule has 7 nitrogen and oxygen atoms in total. The van der Waals surface area contributed by atoms with Crippen LogP contribution in [-0.2, 0) is 16.0 Å². The molecular formula is C21H23N5O2. The molecule has 0 aliphatic heterocycles. The fourth-order valence-electron chi connectivity index (χ4n) is 2.77. The zero-order valence-corrected chi connectivity index (χ0v) is 15.9. The van der Waals surface area contributed by atoms with Crippen molar-refractivity contribution in [2.75, 3.05) is 11.9 Å². The summed E-state index contributed by atoms with van der Waals surface area (Å²) in [4.78, 5) is 24.0. The number of hydrogen-bond acceptors (Lipinski definition) is 4. The lowest BCUT2D eigenvalue weighted by Gasteiger charge is -2.11. The molecule has 0 radical (unpaired) electrons. The van der Waals surface area contributed by atoms with Crippen LogP contribution in [0.4, 0.5) is 5.69 Å². The van der Waals surface area contributed by atoms with Crippen molar-refractivity contribution >= 4 is 17.5 Å². The van der Waals surface area contributed by atoms with Crippen LogP contribution in [0.5, 0.6) is 0 Å². The zero-order valence-electron chi connectivity index (χ0n) is 15.9. The first-order valence-corrected chi connectivity index (χ1v) is 8.99. The van der Waals surface area contributed by atoms with Crippen LogP contribution < -0.4 is 16.2 Å². The number of para-hydroxylation sites is 1. The molecule has 2 aromatic carbocycles. The van der Waals surface area contributed by atoms with Gasteiger partial charge < -0.3 is 5.32 Å². The molecule has 28 heavy (non-hydrogen) atoms. The summed E-state index contributed by atoms with van der Waals surface area (Å²) < 4.78 is 1.70. The topological polar surface area (TPSA) is 88.1 Å². The van der Waals surface area contributed by atoms with Crippen molar-refractivity contribution in [1.29, 1.82) is 0 Å². The molecular weight excluding hydrogens is 354 g/mol. The van der Waals surface area contributed by atoms with Gasteiger partial charge in [0.05, 0.1) is 24.8 Å². The number of amides is 2. The highest BCUT2D eigenvalue weighted by atomic mass is 16.2. The monoisotopic (exact) mass is 377 g/mol. The predicted molar refractivity (Wildman–Crippen MR) is 108 cm³/mol. The molecule has 0 fully saturated rings. The Bertz CT molecular complexity index is 966. The van der Waals surface area contributed by atoms with E-state index in [2.05, 4.69) is 21.3 Å². The second-order valence-electron chi connectivity index (χ2n) is 6.57. The fourth-order valence-corrected chi connectivity index (χ4v) is 2.77. The Kier molecular flexibility index (Phi) is 6.06. The van der Waals surface area contributed by atoms with Crippen LogP contribution in [-0.4, -0.2) is 28.1 Å². The second kappa shape index (κ2) is 8.85. The Morgan fingerprint density at radius 1 is 1.00 bits per heavy atom. The average molecular weight is 377 g/mol. The van der Waals surface area contributed by atoms with Crippen molar-refractivity contribution in [3.05, 3.63) is 77.6 Å². The molecule has 0 unspecified atom stereocenters. The molecule has 7 heteroatoms. The Morgan fingerprint density at radius 3 is 2.50 bits per heavy atom. The Morgan fingerprint density at radius 2 is 1.75 bits per heavy atom. The fraction of sp³-hybridized carbons (Fsp3) is 0.190. The molecule has 3 N–H and O–H groups in total. The minimum atomic E-state index is -0.326. The van der Waals surface area contributed by atoms with E-state index in [4.69, 9.17) is 0 Å². The molecule has 1 aromatic heterocycles. The SMILES string of the molecule is Cc1ccc(NCC(=O)NNC(=O)Cc2cnn(-c3ccccc3)c2)c(C)c1. The van der Waals surface area contributed by atoms with Gasteiger partial charge in [0, 0.05) is 11.9 Å². The van der Waals surface area contributed by atoms with Gasteiger partial charge in [0.25, 0.3) is 5.91 Å². The van der Waals surface area contributed by atoms with E-state index in [1.54, 1.807) is 17.1 Å². The molecule has 0 atom stereocenters. The minimum absolute atomic E-state index is 0.0656. The molecule has 0 aliphatic carbocycles. The van der Waals surface area contributed by atoms with E-state index in [0.717, 1.165) is 28.1 Å². The van der Waals surface area contributed by atoms with E-state index < -0.39 is 0 Å². The number of nitrogens with one attached hydrogen (secondary N) is 3. The second-order valence-corrected chi connectivity index (χ2v) is 6.57. The molecule has 0 spiro atoms. The number of benzene rings is 2. The summed E-state index contributed by atoms with van der Waals surface area (Å²) in [5.74, 6) is -0.638. The van der Waals surface area contributed by atoms with Crippen molar-refractivity contribution in [3.8, 4) is 5.69 Å². The van der Waals surface area contributed by atoms with E-state index in [1.165, 1.54) is 0 Å². The summed E-state index contributed by atoms with van der Waals surface area (Å²) in [7, 11) is 0. The van der Waals surface area contributed by atoms with Crippen LogP contribution in [0.15, 0.2) is 60.9 Å². The predicted octanol–water partition coefficient (Wildman–Crippen LogP) is 2.29. The largest absolute Gasteiger partial charge is 0.376 e. The van der Waals surface area contributed by atoms with Gasteiger partial charge in [-0.2, -0.15) is 5.10 Å². The summed E-state index contributed by atoms with van der Waals surface area (Å²) >= 11 is 0. The summed E-state index contributed by atoms with van der Waals surface area (Å²) in [5.41, 5.74) is 9.62. The van der Waals surface area contributed by atoms with Crippen LogP contribution in [0.3, 0.4) is 0 Å². The molecule has 144 valence electrons. The first-order valence-electron chi connectivity index (χ1n) is 8.99. The van der Waals surface area contributed by atoms with Crippen molar-refractivity contribution in [3.63, 3.8) is 0 Å². The standard InChI is InChI=1S/C21H23N5O2/c1-15-8-9-19(16(2)10-15)22-13-21(28)25-24-20(27)11-17-12-23-26(14-17)18-6-4-3-5-7-18/h3-10,12,14,22H,11,13H2,1-2H3,(H,24,27)(H,25,28). The van der Waals surface area contributed by atoms with Crippen LogP contribution >= 0.6 is 0 Å². The first kappa shape index (κ1) is 19.2. The van der Waals surface area contributed by atoms with Crippen molar-refractivity contribution in [2.45, 2.75) is 20.3 Å². The maximum atomic E-state index is 12.0. The number of rotatable bonds is 6. The maximum absolute atomic E-state index is 12.0. The number of nitrogens with zero attached hydrogens (tertiary/aromatic N) is 2. The Hall–Kier alpha value is -3.61. The van der Waals surface area contributed by atoms with Gasteiger partial charge in [0.15, 0.2) is 0 Å². The van der Waals surface area contributed by atoms with Gasteiger partial charge in [-0.3, -0.25) is 20.4 Å². The quantitative estimate of drug-likeness (QED) is 0.575. The van der Waals surface area contributed by atoms with E-state index in [0.29, 0.717) is 0 Å². The molecule has 3 rings (SSSR count). The number of hydrogen-bond donors (Lipinski definition) is 3. The van der Waals surface area contributed by atoms with Gasteiger partial charge in [0.1, 0.15) is 0 Å². The summed E-state index contributed by atoms with van der Waals surface area (Å²) in [6.07, 6.45) is 3.55. The van der Waals surface area contributed by atoms with Crippen molar-refractivity contribution in [1.82, 2.24) is 20.6 Å². The third-order valence-electron chi connectivity index (χ3n) is 4.18. The first-order chi connectivity index (χ1) is 13.5. The van der Waals surface area contributed by atoms with Crippen LogP contribution in [0.2, 0.25) is 0 Å². The minimum Gasteiger partial charge on any atom is -0.376 e. The van der Waals surface area contributed by atoms with Gasteiger partial charge in [-0.1, -0.05) is 35.9 Å². The highest BCUT2D eigenvalue weighted by molar-refractivity contribution is 5.85. The lowest BCUT2D eigenvalue weighted by atomic mass is 10.1. The molecule has 0 aliphatic rings. The Balaban J connectivity index is 1.44. The van der Waals surface area contributed by atoms with Crippen LogP contribution in [0.1, 0.15) is 16.7 Å². The smallest absolute Gasteiger partial charge is 0.257 e. The summed E-state index contributed by atoms with van der Waals surface area (Å²) in [6, 6.07) is 15.6. The normalized spacial score (nSPS) is 10.4. The highest BCUT2D eigenvalue weighted by Gasteiger charge is 2.09. The Labute approximate surface area is 163 Å². The summed E-state index contributed by atoms with van der Waals surface area (Å²) in [5, 5.41) is 7.31. The molecule has 0 saturated carbocycles. The molecule has 0 bridgehead atoms. The highest BCUT2D eigenvalue weighted by Crippen LogP contribution is 2.15. The molecule has 3 aromatic rings. The van der Waals surface area contributed by atoms with Gasteiger partial charge in [-0.05, 0) is 43.2 Å². The molecule has 2 amide bonds. The number of carbonyl (C=O) groups excluding carboxylic acids is 2. The number of hydrazine groups is 1. The van der Waals surface area contributed by atoms with E-state index in [9.17, 15) is 9.59 Å². The van der Waals surface area contributed by atoms with Crippen molar-refractivity contribution in [2.24, 2.45) is 0 Å². The van der Waals surface area contributed by atoms with Crippen molar-refractivity contribution < 1.29 is 9.59 Å². The number of aromatic nitrogens is 2. The van der Waals surface area contributed by atoms with Crippen LogP contribution in [0.25, 0.3) is 5.69 Å². The zero-order chi connectivity index (χ0) is 19.9. The number of anilines is 1. The van der Waals surface area contributed by atoms with E-state index >= 15 is 0 Å². The van der Waals surface area contributed by atoms with Gasteiger partial charge >= 0.3 is 0 Å². The lowest BCUT2D eigenvalue weighted by molar-refractivity contribution is -0.127. The van der Waals surface area contributed by atoms with E-state index in [1.807, 2.05) is 62.4 Å². The third kappa shape index (κ3) is 5.20. The van der Waals surface area contributed by atoms with Gasteiger partial charge in [-0.25, -0.2) is 4.68 Å². The number of aryl methyl sites for hydroxylation is 2. The lowest BCUT2D eigenvalue weighted by Crippen LogP contribution is -2.44. The van der Waals surface area contributed by atoms with E-state index in [-0.39, 0.29) is 24.8 Å². The molecule has 1 heterocycles. The number of carbonyl (C=O) groups is 2. The van der Waals surface area contributed by atoms with Crippen LogP contribution in [0, 0.1) is 13.8 Å².